The number of hydrogen-bond donors (Lipinski definition) is 7. The van der Waals surface area contributed by atoms with E-state index in [0.717, 1.165) is 19.4 Å². The Hall–Kier alpha value is -1.46. The molecule has 1 aliphatic rings. The summed E-state index contributed by atoms with van der Waals surface area (Å²) in [7, 11) is 0. The number of hydrogen-bond acceptors (Lipinski definition) is 7. The smallest absolute Gasteiger partial charge is 0.327 e. The molecule has 0 radical (unpaired) electrons. The highest BCUT2D eigenvalue weighted by Crippen LogP contribution is 2.04. The van der Waals surface area contributed by atoms with E-state index in [0.29, 0.717) is 0 Å². The second-order valence-electron chi connectivity index (χ2n) is 5.25. The van der Waals surface area contributed by atoms with Gasteiger partial charge in [-0.1, -0.05) is 0 Å². The molecule has 136 valence electrons. The van der Waals surface area contributed by atoms with Crippen molar-refractivity contribution in [1.82, 2.24) is 21.3 Å². The van der Waals surface area contributed by atoms with Crippen molar-refractivity contribution >= 4 is 48.9 Å². The zero-order valence-corrected chi connectivity index (χ0v) is 14.7. The van der Waals surface area contributed by atoms with Gasteiger partial charge in [-0.3, -0.25) is 14.4 Å². The summed E-state index contributed by atoms with van der Waals surface area (Å²) in [6.45, 7) is 0.492. The summed E-state index contributed by atoms with van der Waals surface area (Å²) in [5.41, 5.74) is 0. The molecule has 0 aliphatic carbocycles. The lowest BCUT2D eigenvalue weighted by atomic mass is 10.2. The first-order chi connectivity index (χ1) is 11.4. The molecule has 3 amide bonds. The molecule has 0 aromatic rings. The molecule has 0 aromatic heterocycles. The lowest BCUT2D eigenvalue weighted by Crippen LogP contribution is -2.54. The van der Waals surface area contributed by atoms with Gasteiger partial charge >= 0.3 is 5.97 Å². The van der Waals surface area contributed by atoms with E-state index in [1.807, 2.05) is 0 Å². The summed E-state index contributed by atoms with van der Waals surface area (Å²) in [5, 5.41) is 19.0. The van der Waals surface area contributed by atoms with Gasteiger partial charge in [0.1, 0.15) is 12.1 Å². The van der Waals surface area contributed by atoms with Gasteiger partial charge in [0.15, 0.2) is 0 Å². The highest BCUT2D eigenvalue weighted by Gasteiger charge is 2.26. The van der Waals surface area contributed by atoms with Crippen molar-refractivity contribution in [2.45, 2.75) is 31.0 Å². The van der Waals surface area contributed by atoms with Crippen LogP contribution in [0.25, 0.3) is 0 Å². The van der Waals surface area contributed by atoms with Crippen LogP contribution in [0.4, 0.5) is 0 Å². The summed E-state index contributed by atoms with van der Waals surface area (Å²) in [6, 6.07) is -2.47. The van der Waals surface area contributed by atoms with E-state index in [4.69, 9.17) is 5.11 Å². The minimum atomic E-state index is -1.22. The lowest BCUT2D eigenvalue weighted by molar-refractivity contribution is -0.141. The third-order valence-corrected chi connectivity index (χ3v) is 4.16. The summed E-state index contributed by atoms with van der Waals surface area (Å²) >= 11 is 7.81. The van der Waals surface area contributed by atoms with Crippen molar-refractivity contribution in [3.05, 3.63) is 0 Å². The molecule has 1 heterocycles. The second kappa shape index (κ2) is 10.4. The van der Waals surface area contributed by atoms with E-state index in [2.05, 4.69) is 46.5 Å². The van der Waals surface area contributed by atoms with Gasteiger partial charge in [0.2, 0.25) is 17.7 Å². The lowest BCUT2D eigenvalue weighted by Gasteiger charge is -2.19. The largest absolute Gasteiger partial charge is 0.480 e. The number of amides is 3. The quantitative estimate of drug-likeness (QED) is 0.227. The fourth-order valence-corrected chi connectivity index (χ4v) is 2.60. The third kappa shape index (κ3) is 6.57. The maximum atomic E-state index is 12.0. The zero-order chi connectivity index (χ0) is 18.1. The maximum absolute atomic E-state index is 12.0. The number of carboxylic acid groups (broad SMARTS) is 1. The van der Waals surface area contributed by atoms with Gasteiger partial charge in [0.05, 0.1) is 12.6 Å². The van der Waals surface area contributed by atoms with Gasteiger partial charge < -0.3 is 26.4 Å². The first kappa shape index (κ1) is 20.6. The molecule has 24 heavy (non-hydrogen) atoms. The summed E-state index contributed by atoms with van der Waals surface area (Å²) in [6.07, 6.45) is 1.62. The molecule has 3 unspecified atom stereocenters. The fourth-order valence-electron chi connectivity index (χ4n) is 2.10. The molecule has 0 bridgehead atoms. The number of thiol groups is 2. The maximum Gasteiger partial charge on any atom is 0.327 e. The first-order valence-electron chi connectivity index (χ1n) is 7.44. The molecule has 11 heteroatoms. The average Bonchev–Trinajstić information content (AvgIpc) is 3.09. The molecule has 0 aromatic carbocycles. The van der Waals surface area contributed by atoms with Gasteiger partial charge in [-0.25, -0.2) is 4.79 Å². The topological polar surface area (TPSA) is 137 Å². The first-order valence-corrected chi connectivity index (χ1v) is 8.70. The molecule has 3 atom stereocenters. The molecule has 9 nitrogen and oxygen atoms in total. The van der Waals surface area contributed by atoms with Crippen LogP contribution in [0, 0.1) is 0 Å². The summed E-state index contributed by atoms with van der Waals surface area (Å²) in [4.78, 5) is 46.5. The Morgan fingerprint density at radius 2 is 1.79 bits per heavy atom. The monoisotopic (exact) mass is 378 g/mol. The van der Waals surface area contributed by atoms with E-state index in [1.54, 1.807) is 0 Å². The van der Waals surface area contributed by atoms with Crippen molar-refractivity contribution in [3.8, 4) is 0 Å². The Kier molecular flexibility index (Phi) is 8.93. The molecular formula is C13H22N4O5S2. The number of aliphatic carboxylic acids is 1. The Morgan fingerprint density at radius 3 is 2.29 bits per heavy atom. The standard InChI is InChI=1S/C13H22N4O5S2/c18-10(4-15-11(19)7-2-1-3-14-7)16-8(5-23)12(20)17-9(6-24)13(21)22/h7-9,14,23-24H,1-6H2,(H,15,19)(H,16,18)(H,17,20)(H,21,22). The highest BCUT2D eigenvalue weighted by atomic mass is 32.1. The van der Waals surface area contributed by atoms with Crippen LogP contribution in [-0.4, -0.2) is 71.5 Å². The molecule has 1 fully saturated rings. The van der Waals surface area contributed by atoms with Gasteiger partial charge in [-0.05, 0) is 19.4 Å². The zero-order valence-electron chi connectivity index (χ0n) is 12.9. The average molecular weight is 378 g/mol. The number of carboxylic acids is 1. The molecule has 0 spiro atoms. The summed E-state index contributed by atoms with van der Waals surface area (Å²) < 4.78 is 0. The van der Waals surface area contributed by atoms with Gasteiger partial charge in [-0.2, -0.15) is 25.3 Å². The van der Waals surface area contributed by atoms with Crippen LogP contribution in [0.5, 0.6) is 0 Å². The van der Waals surface area contributed by atoms with Gasteiger partial charge in [0, 0.05) is 11.5 Å². The molecule has 5 N–H and O–H groups in total. The molecular weight excluding hydrogens is 356 g/mol. The fraction of sp³-hybridized carbons (Fsp3) is 0.692. The Morgan fingerprint density at radius 1 is 1.12 bits per heavy atom. The second-order valence-corrected chi connectivity index (χ2v) is 5.98. The third-order valence-electron chi connectivity index (χ3n) is 3.43. The van der Waals surface area contributed by atoms with Crippen LogP contribution in [-0.2, 0) is 19.2 Å². The van der Waals surface area contributed by atoms with E-state index in [1.165, 1.54) is 0 Å². The van der Waals surface area contributed by atoms with Crippen molar-refractivity contribution in [2.75, 3.05) is 24.6 Å². The van der Waals surface area contributed by atoms with Crippen molar-refractivity contribution < 1.29 is 24.3 Å². The normalized spacial score (nSPS) is 19.2. The van der Waals surface area contributed by atoms with Crippen LogP contribution in [0.3, 0.4) is 0 Å². The van der Waals surface area contributed by atoms with Gasteiger partial charge in [-0.15, -0.1) is 0 Å². The summed E-state index contributed by atoms with van der Waals surface area (Å²) in [5.74, 6) is -2.83. The van der Waals surface area contributed by atoms with E-state index in [9.17, 15) is 19.2 Å². The van der Waals surface area contributed by atoms with E-state index < -0.39 is 29.9 Å². The highest BCUT2D eigenvalue weighted by molar-refractivity contribution is 7.80. The number of nitrogens with one attached hydrogen (secondary N) is 4. The van der Waals surface area contributed by atoms with E-state index >= 15 is 0 Å². The predicted octanol–water partition coefficient (Wildman–Crippen LogP) is -2.23. The number of rotatable bonds is 9. The predicted molar refractivity (Wildman–Crippen MR) is 93.2 cm³/mol. The Balaban J connectivity index is 2.42. The molecule has 1 saturated heterocycles. The van der Waals surface area contributed by atoms with Crippen molar-refractivity contribution in [2.24, 2.45) is 0 Å². The number of carbonyl (C=O) groups is 4. The van der Waals surface area contributed by atoms with Gasteiger partial charge in [0.25, 0.3) is 0 Å². The minimum Gasteiger partial charge on any atom is -0.480 e. The SMILES string of the molecule is O=C(CNC(=O)C1CCCN1)NC(CS)C(=O)NC(CS)C(=O)O. The van der Waals surface area contributed by atoms with Crippen LogP contribution >= 0.6 is 25.3 Å². The van der Waals surface area contributed by atoms with Crippen LogP contribution in [0.15, 0.2) is 0 Å². The Bertz CT molecular complexity index is 485. The van der Waals surface area contributed by atoms with Crippen LogP contribution in [0.2, 0.25) is 0 Å². The van der Waals surface area contributed by atoms with Crippen LogP contribution in [0.1, 0.15) is 12.8 Å². The number of carbonyl (C=O) groups excluding carboxylic acids is 3. The molecule has 1 rings (SSSR count). The minimum absolute atomic E-state index is 0.0192. The molecule has 0 saturated carbocycles. The molecule has 1 aliphatic heterocycles. The Labute approximate surface area is 150 Å². The van der Waals surface area contributed by atoms with Crippen molar-refractivity contribution in [3.63, 3.8) is 0 Å². The van der Waals surface area contributed by atoms with Crippen LogP contribution < -0.4 is 21.3 Å². The van der Waals surface area contributed by atoms with Crippen molar-refractivity contribution in [1.29, 1.82) is 0 Å². The van der Waals surface area contributed by atoms with E-state index in [-0.39, 0.29) is 30.0 Å².